The summed E-state index contributed by atoms with van der Waals surface area (Å²) in [6, 6.07) is 8.17. The van der Waals surface area contributed by atoms with Gasteiger partial charge in [-0.2, -0.15) is 0 Å². The van der Waals surface area contributed by atoms with Crippen LogP contribution in [0.1, 0.15) is 56.5 Å². The highest BCUT2D eigenvalue weighted by molar-refractivity contribution is 6.32. The minimum absolute atomic E-state index is 0.00629. The normalized spacial score (nSPS) is 25.0. The molecule has 1 unspecified atom stereocenters. The summed E-state index contributed by atoms with van der Waals surface area (Å²) in [5, 5.41) is 30.2. The molecule has 166 valence electrons. The number of furan rings is 1. The molecular formula is C24H22O8. The van der Waals surface area contributed by atoms with Crippen LogP contribution in [0.3, 0.4) is 0 Å². The molecule has 4 atom stereocenters. The van der Waals surface area contributed by atoms with E-state index in [4.69, 9.17) is 13.9 Å². The van der Waals surface area contributed by atoms with Gasteiger partial charge in [0.2, 0.25) is 12.1 Å². The van der Waals surface area contributed by atoms with Crippen LogP contribution >= 0.6 is 0 Å². The first-order valence-corrected chi connectivity index (χ1v) is 10.4. The predicted octanol–water partition coefficient (Wildman–Crippen LogP) is 2.24. The fraction of sp³-hybridized carbons (Fsp3) is 0.333. The van der Waals surface area contributed by atoms with Gasteiger partial charge in [0.05, 0.1) is 29.9 Å². The summed E-state index contributed by atoms with van der Waals surface area (Å²) in [7, 11) is 0. The van der Waals surface area contributed by atoms with Crippen molar-refractivity contribution >= 4 is 22.5 Å². The van der Waals surface area contributed by atoms with Crippen molar-refractivity contribution in [2.24, 2.45) is 0 Å². The van der Waals surface area contributed by atoms with E-state index in [0.717, 1.165) is 5.56 Å². The number of ketones is 2. The van der Waals surface area contributed by atoms with Gasteiger partial charge in [-0.3, -0.25) is 9.59 Å². The number of rotatable bonds is 3. The van der Waals surface area contributed by atoms with Crippen molar-refractivity contribution in [1.29, 1.82) is 0 Å². The van der Waals surface area contributed by atoms with Crippen LogP contribution in [-0.4, -0.2) is 51.5 Å². The molecule has 8 nitrogen and oxygen atoms in total. The van der Waals surface area contributed by atoms with Crippen molar-refractivity contribution in [3.8, 4) is 5.75 Å². The van der Waals surface area contributed by atoms with Crippen molar-refractivity contribution in [3.05, 3.63) is 63.9 Å². The summed E-state index contributed by atoms with van der Waals surface area (Å²) in [4.78, 5) is 26.9. The molecular weight excluding hydrogens is 416 g/mol. The van der Waals surface area contributed by atoms with Gasteiger partial charge in [-0.1, -0.05) is 18.2 Å². The SMILES string of the molecule is Cc1cc(CO)c2c3c(oc2c1)C(=O)c1c(O[C@H]2C[C@H](O)[C@@H](O)C(C)O2)cccc1C3=O. The Morgan fingerprint density at radius 2 is 1.91 bits per heavy atom. The molecule has 2 aliphatic rings. The van der Waals surface area contributed by atoms with Crippen molar-refractivity contribution < 1.29 is 38.8 Å². The van der Waals surface area contributed by atoms with E-state index in [1.54, 1.807) is 37.3 Å². The molecule has 0 bridgehead atoms. The number of hydrogen-bond acceptors (Lipinski definition) is 8. The third kappa shape index (κ3) is 3.07. The Balaban J connectivity index is 1.60. The molecule has 1 aromatic heterocycles. The van der Waals surface area contributed by atoms with E-state index in [0.29, 0.717) is 16.5 Å². The number of ether oxygens (including phenoxy) is 2. The summed E-state index contributed by atoms with van der Waals surface area (Å²) >= 11 is 0. The van der Waals surface area contributed by atoms with E-state index >= 15 is 0 Å². The van der Waals surface area contributed by atoms with Crippen LogP contribution in [0.2, 0.25) is 0 Å². The summed E-state index contributed by atoms with van der Waals surface area (Å²) in [5.74, 6) is -0.869. The number of benzene rings is 2. The standard InChI is InChI=1S/C24H22O8/c1-10-6-12(9-25)18-16(7-10)32-24-20(18)22(28)13-4-3-5-15(19(13)23(24)29)31-17-8-14(26)21(27)11(2)30-17/h3-7,11,14,17,21,25-27H,8-9H2,1-2H3/t11?,14-,17-,21-/m0/s1. The quantitative estimate of drug-likeness (QED) is 0.445. The Morgan fingerprint density at radius 3 is 2.62 bits per heavy atom. The summed E-state index contributed by atoms with van der Waals surface area (Å²) in [6.07, 6.45) is -3.64. The van der Waals surface area contributed by atoms with E-state index in [-0.39, 0.29) is 41.2 Å². The number of fused-ring (bicyclic) bond motifs is 4. The molecule has 0 saturated carbocycles. The van der Waals surface area contributed by atoms with Gasteiger partial charge in [-0.15, -0.1) is 0 Å². The van der Waals surface area contributed by atoms with Gasteiger partial charge < -0.3 is 29.2 Å². The van der Waals surface area contributed by atoms with E-state index in [1.807, 2.05) is 6.92 Å². The lowest BCUT2D eigenvalue weighted by Gasteiger charge is -2.35. The van der Waals surface area contributed by atoms with E-state index < -0.39 is 36.2 Å². The first kappa shape index (κ1) is 20.8. The van der Waals surface area contributed by atoms with Crippen LogP contribution in [0.25, 0.3) is 11.0 Å². The molecule has 1 aliphatic carbocycles. The molecule has 0 radical (unpaired) electrons. The first-order chi connectivity index (χ1) is 15.3. The average Bonchev–Trinajstić information content (AvgIpc) is 3.15. The maximum atomic E-state index is 13.4. The van der Waals surface area contributed by atoms with Gasteiger partial charge >= 0.3 is 0 Å². The molecule has 8 heteroatoms. The van der Waals surface area contributed by atoms with Gasteiger partial charge in [0.1, 0.15) is 17.4 Å². The van der Waals surface area contributed by atoms with Crippen LogP contribution in [0.4, 0.5) is 0 Å². The molecule has 5 rings (SSSR count). The number of aryl methyl sites for hydroxylation is 1. The fourth-order valence-electron chi connectivity index (χ4n) is 4.51. The lowest BCUT2D eigenvalue weighted by Crippen LogP contribution is -2.48. The molecule has 1 aliphatic heterocycles. The number of aliphatic hydroxyl groups excluding tert-OH is 3. The first-order valence-electron chi connectivity index (χ1n) is 10.4. The van der Waals surface area contributed by atoms with E-state index in [2.05, 4.69) is 0 Å². The smallest absolute Gasteiger partial charge is 0.233 e. The zero-order valence-corrected chi connectivity index (χ0v) is 17.5. The van der Waals surface area contributed by atoms with Crippen molar-refractivity contribution in [1.82, 2.24) is 0 Å². The van der Waals surface area contributed by atoms with Crippen molar-refractivity contribution in [2.45, 2.75) is 51.5 Å². The zero-order chi connectivity index (χ0) is 22.7. The Labute approximate surface area is 183 Å². The zero-order valence-electron chi connectivity index (χ0n) is 17.5. The van der Waals surface area contributed by atoms with Gasteiger partial charge in [0.15, 0.2) is 11.5 Å². The second kappa shape index (κ2) is 7.53. The van der Waals surface area contributed by atoms with E-state index in [1.165, 1.54) is 0 Å². The average molecular weight is 438 g/mol. The minimum Gasteiger partial charge on any atom is -0.464 e. The van der Waals surface area contributed by atoms with Crippen LogP contribution in [-0.2, 0) is 11.3 Å². The topological polar surface area (TPSA) is 126 Å². The lowest BCUT2D eigenvalue weighted by atomic mass is 9.85. The molecule has 2 aromatic carbocycles. The predicted molar refractivity (Wildman–Crippen MR) is 112 cm³/mol. The third-order valence-corrected chi connectivity index (χ3v) is 6.05. The fourth-order valence-corrected chi connectivity index (χ4v) is 4.51. The van der Waals surface area contributed by atoms with Gasteiger partial charge in [-0.25, -0.2) is 0 Å². The molecule has 0 spiro atoms. The lowest BCUT2D eigenvalue weighted by molar-refractivity contribution is -0.216. The number of carbonyl (C=O) groups is 2. The van der Waals surface area contributed by atoms with Crippen LogP contribution in [0.5, 0.6) is 5.75 Å². The molecule has 32 heavy (non-hydrogen) atoms. The monoisotopic (exact) mass is 438 g/mol. The van der Waals surface area contributed by atoms with Gasteiger partial charge in [0, 0.05) is 17.4 Å². The largest absolute Gasteiger partial charge is 0.464 e. The Morgan fingerprint density at radius 1 is 1.12 bits per heavy atom. The number of hydrogen-bond donors (Lipinski definition) is 3. The van der Waals surface area contributed by atoms with Crippen LogP contribution in [0.15, 0.2) is 34.7 Å². The molecule has 1 saturated heterocycles. The summed E-state index contributed by atoms with van der Waals surface area (Å²) in [5.41, 5.74) is 2.06. The molecule has 2 heterocycles. The molecule has 3 N–H and O–H groups in total. The third-order valence-electron chi connectivity index (χ3n) is 6.05. The van der Waals surface area contributed by atoms with E-state index in [9.17, 15) is 24.9 Å². The maximum Gasteiger partial charge on any atom is 0.233 e. The van der Waals surface area contributed by atoms with Crippen LogP contribution < -0.4 is 4.74 Å². The Hall–Kier alpha value is -3.04. The molecule has 0 amide bonds. The second-order valence-electron chi connectivity index (χ2n) is 8.28. The Bertz CT molecular complexity index is 1240. The molecule has 1 fully saturated rings. The maximum absolute atomic E-state index is 13.4. The minimum atomic E-state index is -1.04. The highest BCUT2D eigenvalue weighted by Crippen LogP contribution is 2.40. The highest BCUT2D eigenvalue weighted by atomic mass is 16.7. The van der Waals surface area contributed by atoms with Crippen LogP contribution in [0, 0.1) is 6.92 Å². The number of aliphatic hydroxyl groups is 3. The van der Waals surface area contributed by atoms with Crippen molar-refractivity contribution in [3.63, 3.8) is 0 Å². The molecule has 3 aromatic rings. The van der Waals surface area contributed by atoms with Crippen molar-refractivity contribution in [2.75, 3.05) is 0 Å². The highest BCUT2D eigenvalue weighted by Gasteiger charge is 2.40. The summed E-state index contributed by atoms with van der Waals surface area (Å²) < 4.78 is 17.3. The second-order valence-corrected chi connectivity index (χ2v) is 8.28. The van der Waals surface area contributed by atoms with Gasteiger partial charge in [0.25, 0.3) is 0 Å². The van der Waals surface area contributed by atoms with Gasteiger partial charge in [-0.05, 0) is 37.1 Å². The summed E-state index contributed by atoms with van der Waals surface area (Å²) in [6.45, 7) is 3.15. The number of carbonyl (C=O) groups excluding carboxylic acids is 2. The Kier molecular flexibility index (Phi) is 4.90.